The summed E-state index contributed by atoms with van der Waals surface area (Å²) in [6.07, 6.45) is 0. The van der Waals surface area contributed by atoms with E-state index in [9.17, 15) is 9.59 Å². The molecule has 22 heavy (non-hydrogen) atoms. The Balaban J connectivity index is 2.49. The standard InChI is InChI=1S/C13H16IN3O4S/c1-3-21-7-11(18)16-17-13(22)15-12(19)8-4-5-10(20-2)9(14)6-8/h4-6H,3,7H2,1-2H3,(H,16,18)(H2,15,17,19,22). The van der Waals surface area contributed by atoms with Gasteiger partial charge in [0.2, 0.25) is 0 Å². The zero-order valence-corrected chi connectivity index (χ0v) is 15.0. The summed E-state index contributed by atoms with van der Waals surface area (Å²) >= 11 is 6.98. The van der Waals surface area contributed by atoms with Crippen molar-refractivity contribution in [1.82, 2.24) is 16.2 Å². The molecule has 0 atom stereocenters. The molecule has 0 bridgehead atoms. The Hall–Kier alpha value is -1.46. The van der Waals surface area contributed by atoms with Gasteiger partial charge in [0.05, 0.1) is 10.7 Å². The average Bonchev–Trinajstić information content (AvgIpc) is 2.50. The van der Waals surface area contributed by atoms with Gasteiger partial charge in [-0.15, -0.1) is 0 Å². The van der Waals surface area contributed by atoms with E-state index in [0.29, 0.717) is 17.9 Å². The summed E-state index contributed by atoms with van der Waals surface area (Å²) in [7, 11) is 1.56. The van der Waals surface area contributed by atoms with E-state index in [1.54, 1.807) is 32.2 Å². The van der Waals surface area contributed by atoms with Gasteiger partial charge in [0.1, 0.15) is 12.4 Å². The summed E-state index contributed by atoms with van der Waals surface area (Å²) in [4.78, 5) is 23.3. The third-order valence-electron chi connectivity index (χ3n) is 2.39. The van der Waals surface area contributed by atoms with E-state index in [2.05, 4.69) is 38.8 Å². The van der Waals surface area contributed by atoms with Crippen LogP contribution in [0.3, 0.4) is 0 Å². The predicted molar refractivity (Wildman–Crippen MR) is 93.5 cm³/mol. The molecule has 0 aliphatic rings. The summed E-state index contributed by atoms with van der Waals surface area (Å²) in [5.74, 6) is -0.101. The molecule has 1 aromatic rings. The fraction of sp³-hybridized carbons (Fsp3) is 0.308. The molecule has 0 spiro atoms. The molecule has 0 aliphatic carbocycles. The second-order valence-corrected chi connectivity index (χ2v) is 5.51. The summed E-state index contributed by atoms with van der Waals surface area (Å²) < 4.78 is 10.8. The Morgan fingerprint density at radius 3 is 2.64 bits per heavy atom. The van der Waals surface area contributed by atoms with Crippen molar-refractivity contribution >= 4 is 51.7 Å². The van der Waals surface area contributed by atoms with E-state index in [1.165, 1.54) is 0 Å². The summed E-state index contributed by atoms with van der Waals surface area (Å²) in [5.41, 5.74) is 5.16. The van der Waals surface area contributed by atoms with E-state index < -0.39 is 11.8 Å². The van der Waals surface area contributed by atoms with Gasteiger partial charge in [-0.1, -0.05) is 0 Å². The van der Waals surface area contributed by atoms with Crippen LogP contribution >= 0.6 is 34.8 Å². The van der Waals surface area contributed by atoms with E-state index in [1.807, 2.05) is 0 Å². The number of hydrogen-bond donors (Lipinski definition) is 3. The maximum absolute atomic E-state index is 12.0. The molecule has 9 heteroatoms. The Morgan fingerprint density at radius 2 is 2.05 bits per heavy atom. The Bertz CT molecular complexity index is 568. The third kappa shape index (κ3) is 6.12. The van der Waals surface area contributed by atoms with Gasteiger partial charge in [0.15, 0.2) is 5.11 Å². The lowest BCUT2D eigenvalue weighted by atomic mass is 10.2. The molecule has 0 heterocycles. The number of ether oxygens (including phenoxy) is 2. The normalized spacial score (nSPS) is 9.77. The number of nitrogens with one attached hydrogen (secondary N) is 3. The number of carbonyl (C=O) groups is 2. The second kappa shape index (κ2) is 9.54. The number of rotatable bonds is 5. The van der Waals surface area contributed by atoms with E-state index in [-0.39, 0.29) is 11.7 Å². The Labute approximate surface area is 147 Å². The second-order valence-electron chi connectivity index (χ2n) is 3.94. The maximum Gasteiger partial charge on any atom is 0.264 e. The first-order valence-corrected chi connectivity index (χ1v) is 7.78. The fourth-order valence-electron chi connectivity index (χ4n) is 1.37. The highest BCUT2D eigenvalue weighted by Crippen LogP contribution is 2.21. The highest BCUT2D eigenvalue weighted by molar-refractivity contribution is 14.1. The van der Waals surface area contributed by atoms with Gasteiger partial charge in [-0.05, 0) is 59.9 Å². The third-order valence-corrected chi connectivity index (χ3v) is 3.44. The number of halogens is 1. The topological polar surface area (TPSA) is 88.7 Å². The van der Waals surface area contributed by atoms with E-state index in [0.717, 1.165) is 3.57 Å². The molecule has 0 saturated carbocycles. The van der Waals surface area contributed by atoms with Crippen LogP contribution < -0.4 is 20.9 Å². The molecular weight excluding hydrogens is 421 g/mol. The lowest BCUT2D eigenvalue weighted by Gasteiger charge is -2.11. The van der Waals surface area contributed by atoms with Gasteiger partial charge in [0.25, 0.3) is 11.8 Å². The molecule has 0 aromatic heterocycles. The number of benzene rings is 1. The first-order valence-electron chi connectivity index (χ1n) is 6.29. The lowest BCUT2D eigenvalue weighted by Crippen LogP contribution is -2.49. The average molecular weight is 437 g/mol. The largest absolute Gasteiger partial charge is 0.496 e. The van der Waals surface area contributed by atoms with Crippen LogP contribution in [0.2, 0.25) is 0 Å². The van der Waals surface area contributed by atoms with Crippen molar-refractivity contribution < 1.29 is 19.1 Å². The zero-order chi connectivity index (χ0) is 16.5. The molecule has 1 rings (SSSR count). The minimum absolute atomic E-state index is 0.0133. The number of carbonyl (C=O) groups excluding carboxylic acids is 2. The summed E-state index contributed by atoms with van der Waals surface area (Å²) in [5, 5.41) is 2.44. The number of amides is 2. The minimum Gasteiger partial charge on any atom is -0.496 e. The van der Waals surface area contributed by atoms with Gasteiger partial charge >= 0.3 is 0 Å². The zero-order valence-electron chi connectivity index (χ0n) is 12.1. The highest BCUT2D eigenvalue weighted by atomic mass is 127. The quantitative estimate of drug-likeness (QED) is 0.362. The molecule has 1 aromatic carbocycles. The van der Waals surface area contributed by atoms with Gasteiger partial charge < -0.3 is 9.47 Å². The van der Waals surface area contributed by atoms with Gasteiger partial charge in [-0.2, -0.15) is 0 Å². The Morgan fingerprint density at radius 1 is 1.32 bits per heavy atom. The van der Waals surface area contributed by atoms with Crippen LogP contribution in [0.25, 0.3) is 0 Å². The van der Waals surface area contributed by atoms with Crippen LogP contribution in [0.15, 0.2) is 18.2 Å². The molecule has 0 unspecified atom stereocenters. The summed E-state index contributed by atoms with van der Waals surface area (Å²) in [6, 6.07) is 4.98. The Kier molecular flexibility index (Phi) is 8.06. The van der Waals surface area contributed by atoms with Crippen molar-refractivity contribution in [3.63, 3.8) is 0 Å². The molecule has 3 N–H and O–H groups in total. The van der Waals surface area contributed by atoms with Gasteiger partial charge in [-0.3, -0.25) is 25.8 Å². The number of thiocarbonyl (C=S) groups is 1. The molecule has 0 fully saturated rings. The van der Waals surface area contributed by atoms with Gasteiger partial charge in [0, 0.05) is 12.2 Å². The molecule has 2 amide bonds. The smallest absolute Gasteiger partial charge is 0.264 e. The van der Waals surface area contributed by atoms with E-state index in [4.69, 9.17) is 21.7 Å². The van der Waals surface area contributed by atoms with Crippen molar-refractivity contribution in [2.75, 3.05) is 20.3 Å². The lowest BCUT2D eigenvalue weighted by molar-refractivity contribution is -0.126. The number of hydrogen-bond acceptors (Lipinski definition) is 5. The summed E-state index contributed by atoms with van der Waals surface area (Å²) in [6.45, 7) is 2.13. The van der Waals surface area contributed by atoms with Crippen LogP contribution in [0, 0.1) is 3.57 Å². The van der Waals surface area contributed by atoms with Crippen LogP contribution in [-0.2, 0) is 9.53 Å². The van der Waals surface area contributed by atoms with E-state index >= 15 is 0 Å². The van der Waals surface area contributed by atoms with Crippen molar-refractivity contribution in [1.29, 1.82) is 0 Å². The van der Waals surface area contributed by atoms with Crippen molar-refractivity contribution in [3.8, 4) is 5.75 Å². The van der Waals surface area contributed by atoms with Crippen LogP contribution in [-0.4, -0.2) is 37.3 Å². The van der Waals surface area contributed by atoms with Crippen LogP contribution in [0.1, 0.15) is 17.3 Å². The van der Waals surface area contributed by atoms with Crippen LogP contribution in [0.5, 0.6) is 5.75 Å². The SMILES string of the molecule is CCOCC(=O)NNC(=S)NC(=O)c1ccc(OC)c(I)c1. The number of hydrazine groups is 1. The monoisotopic (exact) mass is 437 g/mol. The molecule has 0 radical (unpaired) electrons. The first kappa shape index (κ1) is 18.6. The van der Waals surface area contributed by atoms with Gasteiger partial charge in [-0.25, -0.2) is 0 Å². The molecule has 0 aliphatic heterocycles. The molecule has 0 saturated heterocycles. The molecular formula is C13H16IN3O4S. The first-order chi connectivity index (χ1) is 10.5. The minimum atomic E-state index is -0.392. The van der Waals surface area contributed by atoms with Crippen molar-refractivity contribution in [2.45, 2.75) is 6.92 Å². The molecule has 7 nitrogen and oxygen atoms in total. The predicted octanol–water partition coefficient (Wildman–Crippen LogP) is 0.972. The molecule has 120 valence electrons. The van der Waals surface area contributed by atoms with Crippen LogP contribution in [0.4, 0.5) is 0 Å². The fourth-order valence-corrected chi connectivity index (χ4v) is 2.25. The number of methoxy groups -OCH3 is 1. The highest BCUT2D eigenvalue weighted by Gasteiger charge is 2.11. The maximum atomic E-state index is 12.0. The van der Waals surface area contributed by atoms with Crippen molar-refractivity contribution in [3.05, 3.63) is 27.3 Å². The van der Waals surface area contributed by atoms with Crippen molar-refractivity contribution in [2.24, 2.45) is 0 Å².